The van der Waals surface area contributed by atoms with Gasteiger partial charge >= 0.3 is 0 Å². The third-order valence-corrected chi connectivity index (χ3v) is 3.22. The Balaban J connectivity index is 2.45. The standard InChI is InChI=1S/C16H27N3O/c1-3-5-11-19(12-6-4-2)13-16(20)18-15-9-7-14(17)8-10-15/h7-10H,3-6,11-13,17H2,1-2H3,(H,18,20). The average molecular weight is 277 g/mol. The van der Waals surface area contributed by atoms with Crippen LogP contribution < -0.4 is 11.1 Å². The third-order valence-electron chi connectivity index (χ3n) is 3.22. The van der Waals surface area contributed by atoms with Gasteiger partial charge in [-0.3, -0.25) is 9.69 Å². The lowest BCUT2D eigenvalue weighted by atomic mass is 10.2. The molecule has 1 amide bonds. The molecule has 1 aromatic carbocycles. The number of carbonyl (C=O) groups is 1. The van der Waals surface area contributed by atoms with Gasteiger partial charge in [-0.15, -0.1) is 0 Å². The van der Waals surface area contributed by atoms with Crippen LogP contribution in [0.2, 0.25) is 0 Å². The summed E-state index contributed by atoms with van der Waals surface area (Å²) in [5.41, 5.74) is 7.13. The van der Waals surface area contributed by atoms with E-state index < -0.39 is 0 Å². The van der Waals surface area contributed by atoms with Gasteiger partial charge in [-0.2, -0.15) is 0 Å². The lowest BCUT2D eigenvalue weighted by Crippen LogP contribution is -2.34. The van der Waals surface area contributed by atoms with Gasteiger partial charge in [0, 0.05) is 11.4 Å². The fourth-order valence-corrected chi connectivity index (χ4v) is 2.00. The molecular formula is C16H27N3O. The monoisotopic (exact) mass is 277 g/mol. The first kappa shape index (κ1) is 16.5. The van der Waals surface area contributed by atoms with E-state index in [1.807, 2.05) is 12.1 Å². The summed E-state index contributed by atoms with van der Waals surface area (Å²) in [5.74, 6) is 0.0435. The first-order chi connectivity index (χ1) is 9.65. The molecule has 0 saturated heterocycles. The number of amides is 1. The summed E-state index contributed by atoms with van der Waals surface area (Å²) in [6, 6.07) is 7.24. The summed E-state index contributed by atoms with van der Waals surface area (Å²) in [6.45, 7) is 6.79. The number of carbonyl (C=O) groups excluding carboxylic acids is 1. The van der Waals surface area contributed by atoms with Crippen molar-refractivity contribution in [1.82, 2.24) is 4.90 Å². The lowest BCUT2D eigenvalue weighted by Gasteiger charge is -2.21. The third kappa shape index (κ3) is 6.57. The van der Waals surface area contributed by atoms with E-state index in [2.05, 4.69) is 24.1 Å². The van der Waals surface area contributed by atoms with Crippen LogP contribution in [0, 0.1) is 0 Å². The van der Waals surface area contributed by atoms with Crippen LogP contribution in [0.25, 0.3) is 0 Å². The van der Waals surface area contributed by atoms with E-state index in [9.17, 15) is 4.79 Å². The first-order valence-corrected chi connectivity index (χ1v) is 7.53. The molecule has 0 aromatic heterocycles. The maximum atomic E-state index is 12.1. The van der Waals surface area contributed by atoms with Gasteiger partial charge in [-0.05, 0) is 50.2 Å². The molecule has 0 unspecified atom stereocenters. The number of nitrogens with two attached hydrogens (primary N) is 1. The number of unbranched alkanes of at least 4 members (excludes halogenated alkanes) is 2. The van der Waals surface area contributed by atoms with Crippen LogP contribution >= 0.6 is 0 Å². The van der Waals surface area contributed by atoms with Crippen LogP contribution in [-0.2, 0) is 4.79 Å². The Hall–Kier alpha value is -1.55. The van der Waals surface area contributed by atoms with Crippen molar-refractivity contribution in [3.8, 4) is 0 Å². The highest BCUT2D eigenvalue weighted by Crippen LogP contribution is 2.10. The second-order valence-electron chi connectivity index (χ2n) is 5.15. The quantitative estimate of drug-likeness (QED) is 0.682. The number of nitrogens with one attached hydrogen (secondary N) is 1. The van der Waals surface area contributed by atoms with Crippen molar-refractivity contribution >= 4 is 17.3 Å². The molecule has 1 rings (SSSR count). The van der Waals surface area contributed by atoms with Gasteiger partial charge in [-0.1, -0.05) is 26.7 Å². The fourth-order valence-electron chi connectivity index (χ4n) is 2.00. The van der Waals surface area contributed by atoms with E-state index in [0.29, 0.717) is 12.2 Å². The Morgan fingerprint density at radius 3 is 2.15 bits per heavy atom. The molecule has 0 heterocycles. The van der Waals surface area contributed by atoms with Crippen molar-refractivity contribution in [3.05, 3.63) is 24.3 Å². The van der Waals surface area contributed by atoms with Gasteiger partial charge in [-0.25, -0.2) is 0 Å². The second-order valence-corrected chi connectivity index (χ2v) is 5.15. The van der Waals surface area contributed by atoms with Crippen molar-refractivity contribution in [3.63, 3.8) is 0 Å². The number of nitrogens with zero attached hydrogens (tertiary/aromatic N) is 1. The van der Waals surface area contributed by atoms with Gasteiger partial charge in [0.25, 0.3) is 0 Å². The zero-order valence-electron chi connectivity index (χ0n) is 12.7. The maximum Gasteiger partial charge on any atom is 0.238 e. The van der Waals surface area contributed by atoms with E-state index in [0.717, 1.165) is 44.5 Å². The fraction of sp³-hybridized carbons (Fsp3) is 0.562. The van der Waals surface area contributed by atoms with Gasteiger partial charge in [0.15, 0.2) is 0 Å². The van der Waals surface area contributed by atoms with Crippen LogP contribution in [0.1, 0.15) is 39.5 Å². The van der Waals surface area contributed by atoms with Crippen LogP contribution in [0.3, 0.4) is 0 Å². The van der Waals surface area contributed by atoms with E-state index in [4.69, 9.17) is 5.73 Å². The Kier molecular flexibility index (Phi) is 7.73. The molecule has 3 N–H and O–H groups in total. The zero-order chi connectivity index (χ0) is 14.8. The average Bonchev–Trinajstić information content (AvgIpc) is 2.44. The molecule has 112 valence electrons. The smallest absolute Gasteiger partial charge is 0.238 e. The number of hydrogen-bond donors (Lipinski definition) is 2. The normalized spacial score (nSPS) is 10.8. The Morgan fingerprint density at radius 1 is 1.10 bits per heavy atom. The second kappa shape index (κ2) is 9.37. The summed E-state index contributed by atoms with van der Waals surface area (Å²) in [7, 11) is 0. The highest BCUT2D eigenvalue weighted by atomic mass is 16.2. The van der Waals surface area contributed by atoms with Gasteiger partial charge < -0.3 is 11.1 Å². The van der Waals surface area contributed by atoms with E-state index in [-0.39, 0.29) is 5.91 Å². The molecular weight excluding hydrogens is 250 g/mol. The summed E-state index contributed by atoms with van der Waals surface area (Å²) >= 11 is 0. The van der Waals surface area contributed by atoms with Gasteiger partial charge in [0.05, 0.1) is 6.54 Å². The van der Waals surface area contributed by atoms with Crippen molar-refractivity contribution in [2.75, 3.05) is 30.7 Å². The molecule has 0 aliphatic carbocycles. The molecule has 0 aliphatic rings. The Labute approximate surface area is 122 Å². The highest BCUT2D eigenvalue weighted by Gasteiger charge is 2.10. The molecule has 0 spiro atoms. The SMILES string of the molecule is CCCCN(CCCC)CC(=O)Nc1ccc(N)cc1. The van der Waals surface area contributed by atoms with Crippen molar-refractivity contribution in [2.45, 2.75) is 39.5 Å². The molecule has 1 aromatic rings. The Morgan fingerprint density at radius 2 is 1.65 bits per heavy atom. The predicted octanol–water partition coefficient (Wildman–Crippen LogP) is 3.11. The van der Waals surface area contributed by atoms with Crippen molar-refractivity contribution in [1.29, 1.82) is 0 Å². The van der Waals surface area contributed by atoms with Crippen LogP contribution in [0.5, 0.6) is 0 Å². The molecule has 0 bridgehead atoms. The van der Waals surface area contributed by atoms with E-state index in [1.165, 1.54) is 0 Å². The van der Waals surface area contributed by atoms with Gasteiger partial charge in [0.2, 0.25) is 5.91 Å². The summed E-state index contributed by atoms with van der Waals surface area (Å²) in [6.07, 6.45) is 4.59. The number of hydrogen-bond acceptors (Lipinski definition) is 3. The topological polar surface area (TPSA) is 58.4 Å². The van der Waals surface area contributed by atoms with Crippen LogP contribution in [0.15, 0.2) is 24.3 Å². The van der Waals surface area contributed by atoms with Gasteiger partial charge in [0.1, 0.15) is 0 Å². The Bertz CT molecular complexity index is 381. The maximum absolute atomic E-state index is 12.1. The van der Waals surface area contributed by atoms with Crippen molar-refractivity contribution in [2.24, 2.45) is 0 Å². The predicted molar refractivity (Wildman–Crippen MR) is 85.7 cm³/mol. The molecule has 0 saturated carbocycles. The summed E-state index contributed by atoms with van der Waals surface area (Å²) in [5, 5.41) is 2.92. The van der Waals surface area contributed by atoms with Crippen LogP contribution in [0.4, 0.5) is 11.4 Å². The molecule has 4 heteroatoms. The summed E-state index contributed by atoms with van der Waals surface area (Å²) in [4.78, 5) is 14.3. The molecule has 0 radical (unpaired) electrons. The molecule has 0 aliphatic heterocycles. The highest BCUT2D eigenvalue weighted by molar-refractivity contribution is 5.92. The minimum Gasteiger partial charge on any atom is -0.399 e. The number of anilines is 2. The minimum atomic E-state index is 0.0435. The van der Waals surface area contributed by atoms with Crippen molar-refractivity contribution < 1.29 is 4.79 Å². The molecule has 0 atom stereocenters. The van der Waals surface area contributed by atoms with E-state index >= 15 is 0 Å². The minimum absolute atomic E-state index is 0.0435. The summed E-state index contributed by atoms with van der Waals surface area (Å²) < 4.78 is 0. The molecule has 0 fully saturated rings. The zero-order valence-corrected chi connectivity index (χ0v) is 12.7. The lowest BCUT2D eigenvalue weighted by molar-refractivity contribution is -0.117. The number of rotatable bonds is 9. The van der Waals surface area contributed by atoms with Crippen LogP contribution in [-0.4, -0.2) is 30.4 Å². The number of benzene rings is 1. The molecule has 20 heavy (non-hydrogen) atoms. The molecule has 4 nitrogen and oxygen atoms in total. The first-order valence-electron chi connectivity index (χ1n) is 7.53. The largest absolute Gasteiger partial charge is 0.399 e. The van der Waals surface area contributed by atoms with E-state index in [1.54, 1.807) is 12.1 Å². The number of nitrogen functional groups attached to an aromatic ring is 1.